The normalized spacial score (nSPS) is 11.1. The maximum absolute atomic E-state index is 12.1. The van der Waals surface area contributed by atoms with Crippen molar-refractivity contribution < 1.29 is 9.21 Å². The van der Waals surface area contributed by atoms with Gasteiger partial charge in [0.15, 0.2) is 0 Å². The Hall–Kier alpha value is -3.78. The summed E-state index contributed by atoms with van der Waals surface area (Å²) in [4.78, 5) is 16.8. The van der Waals surface area contributed by atoms with Crippen LogP contribution in [0.25, 0.3) is 21.3 Å². The highest BCUT2D eigenvalue weighted by Gasteiger charge is 2.14. The van der Waals surface area contributed by atoms with Crippen LogP contribution in [-0.4, -0.2) is 32.2 Å². The minimum atomic E-state index is -0.138. The fourth-order valence-corrected chi connectivity index (χ4v) is 4.46. The van der Waals surface area contributed by atoms with Gasteiger partial charge < -0.3 is 14.3 Å². The predicted octanol–water partition coefficient (Wildman–Crippen LogP) is 4.10. The van der Waals surface area contributed by atoms with Gasteiger partial charge in [-0.05, 0) is 35.4 Å². The van der Waals surface area contributed by atoms with Crippen molar-refractivity contribution in [3.8, 4) is 11.1 Å². The van der Waals surface area contributed by atoms with Gasteiger partial charge in [0.1, 0.15) is 11.4 Å². The number of carbonyl (C=O) groups is 1. The highest BCUT2D eigenvalue weighted by molar-refractivity contribution is 7.18. The Balaban J connectivity index is 1.20. The largest absolute Gasteiger partial charge is 0.424 e. The van der Waals surface area contributed by atoms with E-state index >= 15 is 0 Å². The number of thiazole rings is 1. The van der Waals surface area contributed by atoms with Crippen LogP contribution in [0.5, 0.6) is 0 Å². The van der Waals surface area contributed by atoms with Gasteiger partial charge >= 0.3 is 0 Å². The quantitative estimate of drug-likeness (QED) is 0.390. The van der Waals surface area contributed by atoms with Gasteiger partial charge in [-0.1, -0.05) is 36.4 Å². The second-order valence-electron chi connectivity index (χ2n) is 7.37. The van der Waals surface area contributed by atoms with E-state index in [9.17, 15) is 4.79 Å². The number of amides is 1. The van der Waals surface area contributed by atoms with Gasteiger partial charge in [0.25, 0.3) is 0 Å². The van der Waals surface area contributed by atoms with Crippen LogP contribution in [-0.2, 0) is 24.2 Å². The molecular formula is C24H21N5O2S. The molecule has 3 aromatic heterocycles. The van der Waals surface area contributed by atoms with Crippen LogP contribution in [0.2, 0.25) is 0 Å². The molecule has 5 rings (SSSR count). The second-order valence-corrected chi connectivity index (χ2v) is 8.49. The third-order valence-corrected chi connectivity index (χ3v) is 6.04. The molecule has 0 saturated carbocycles. The number of fused-ring (bicyclic) bond motifs is 1. The molecule has 0 fully saturated rings. The molecule has 0 bridgehead atoms. The van der Waals surface area contributed by atoms with Gasteiger partial charge in [-0.15, -0.1) is 21.5 Å². The number of hydrogen-bond donors (Lipinski definition) is 1. The molecule has 32 heavy (non-hydrogen) atoms. The lowest BCUT2D eigenvalue weighted by Crippen LogP contribution is -2.28. The van der Waals surface area contributed by atoms with Gasteiger partial charge in [-0.2, -0.15) is 0 Å². The van der Waals surface area contributed by atoms with Crippen LogP contribution < -0.4 is 5.32 Å². The van der Waals surface area contributed by atoms with Crippen molar-refractivity contribution >= 4 is 27.5 Å². The molecule has 0 unspecified atom stereocenters. The van der Waals surface area contributed by atoms with E-state index in [0.717, 1.165) is 27.3 Å². The molecule has 5 aromatic rings. The third kappa shape index (κ3) is 4.76. The molecule has 8 heteroatoms. The molecule has 0 saturated heterocycles. The first-order valence-corrected chi connectivity index (χ1v) is 11.2. The zero-order valence-electron chi connectivity index (χ0n) is 17.3. The van der Waals surface area contributed by atoms with Gasteiger partial charge in [0, 0.05) is 25.5 Å². The van der Waals surface area contributed by atoms with E-state index in [1.165, 1.54) is 5.56 Å². The molecule has 160 valence electrons. The van der Waals surface area contributed by atoms with E-state index in [-0.39, 0.29) is 12.3 Å². The number of rotatable bonds is 8. The van der Waals surface area contributed by atoms with Crippen LogP contribution >= 0.6 is 11.3 Å². The monoisotopic (exact) mass is 443 g/mol. The number of hydrogen-bond acceptors (Lipinski definition) is 6. The summed E-state index contributed by atoms with van der Waals surface area (Å²) in [5, 5.41) is 11.9. The number of nitrogens with one attached hydrogen (secondary N) is 1. The molecule has 7 nitrogen and oxygen atoms in total. The van der Waals surface area contributed by atoms with Crippen molar-refractivity contribution in [2.75, 3.05) is 6.54 Å². The first kappa shape index (κ1) is 20.1. The van der Waals surface area contributed by atoms with E-state index < -0.39 is 0 Å². The maximum Gasteiger partial charge on any atom is 0.229 e. The number of aromatic nitrogens is 4. The fraction of sp³-hybridized carbons (Fsp3) is 0.167. The predicted molar refractivity (Wildman–Crippen MR) is 123 cm³/mol. The summed E-state index contributed by atoms with van der Waals surface area (Å²) in [5.74, 6) is 0.634. The maximum atomic E-state index is 12.1. The summed E-state index contributed by atoms with van der Waals surface area (Å²) in [6, 6.07) is 20.5. The first-order chi connectivity index (χ1) is 15.7. The van der Waals surface area contributed by atoms with Gasteiger partial charge in [0.2, 0.25) is 17.7 Å². The minimum Gasteiger partial charge on any atom is -0.424 e. The lowest BCUT2D eigenvalue weighted by atomic mass is 10.1. The Bertz CT molecular complexity index is 1330. The topological polar surface area (TPSA) is 85.8 Å². The average Bonchev–Trinajstić information content (AvgIpc) is 3.55. The molecule has 0 aliphatic carbocycles. The van der Waals surface area contributed by atoms with Gasteiger partial charge in [0.05, 0.1) is 16.6 Å². The Morgan fingerprint density at radius 3 is 2.62 bits per heavy atom. The highest BCUT2D eigenvalue weighted by Crippen LogP contribution is 2.29. The zero-order valence-corrected chi connectivity index (χ0v) is 18.1. The SMILES string of the molecule is O=C(Cc1nnc(Cc2nc3ccc(-c4ccccc4)cc3s2)o1)NCCn1cccc1. The molecule has 0 aliphatic heterocycles. The van der Waals surface area contributed by atoms with Crippen molar-refractivity contribution in [3.63, 3.8) is 0 Å². The highest BCUT2D eigenvalue weighted by atomic mass is 32.1. The summed E-state index contributed by atoms with van der Waals surface area (Å²) >= 11 is 1.61. The molecule has 3 heterocycles. The van der Waals surface area contributed by atoms with Crippen molar-refractivity contribution in [2.24, 2.45) is 0 Å². The molecule has 0 spiro atoms. The van der Waals surface area contributed by atoms with Crippen molar-refractivity contribution in [1.29, 1.82) is 0 Å². The standard InChI is InChI=1S/C24H21N5O2S/c30-21(25-10-13-29-11-4-5-12-29)15-22-27-28-23(31-22)16-24-26-19-9-8-18(14-20(19)32-24)17-6-2-1-3-7-17/h1-9,11-12,14H,10,13,15-16H2,(H,25,30). The van der Waals surface area contributed by atoms with E-state index in [1.54, 1.807) is 11.3 Å². The van der Waals surface area contributed by atoms with Crippen molar-refractivity contribution in [3.05, 3.63) is 89.8 Å². The number of carbonyl (C=O) groups excluding carboxylic acids is 1. The van der Waals surface area contributed by atoms with E-state index in [0.29, 0.717) is 24.7 Å². The number of benzene rings is 2. The summed E-state index contributed by atoms with van der Waals surface area (Å²) in [6.45, 7) is 1.27. The summed E-state index contributed by atoms with van der Waals surface area (Å²) < 4.78 is 8.80. The summed E-state index contributed by atoms with van der Waals surface area (Å²) in [6.07, 6.45) is 4.43. The van der Waals surface area contributed by atoms with E-state index in [1.807, 2.05) is 53.4 Å². The molecule has 0 atom stereocenters. The van der Waals surface area contributed by atoms with E-state index in [4.69, 9.17) is 4.42 Å². The summed E-state index contributed by atoms with van der Waals surface area (Å²) in [5.41, 5.74) is 3.29. The fourth-order valence-electron chi connectivity index (χ4n) is 3.46. The van der Waals surface area contributed by atoms with Gasteiger partial charge in [-0.25, -0.2) is 4.98 Å². The Kier molecular flexibility index (Phi) is 5.76. The zero-order chi connectivity index (χ0) is 21.8. The second kappa shape index (κ2) is 9.15. The average molecular weight is 444 g/mol. The van der Waals surface area contributed by atoms with Crippen molar-refractivity contribution in [2.45, 2.75) is 19.4 Å². The third-order valence-electron chi connectivity index (χ3n) is 5.02. The van der Waals surface area contributed by atoms with E-state index in [2.05, 4.69) is 44.8 Å². The Morgan fingerprint density at radius 1 is 0.969 bits per heavy atom. The lowest BCUT2D eigenvalue weighted by molar-refractivity contribution is -0.120. The Labute approximate surface area is 188 Å². The van der Waals surface area contributed by atoms with Crippen LogP contribution in [0.4, 0.5) is 0 Å². The molecular weight excluding hydrogens is 422 g/mol. The molecule has 0 aliphatic rings. The van der Waals surface area contributed by atoms with Crippen LogP contribution in [0.15, 0.2) is 77.5 Å². The molecule has 1 amide bonds. The molecule has 2 aromatic carbocycles. The minimum absolute atomic E-state index is 0.0684. The smallest absolute Gasteiger partial charge is 0.229 e. The van der Waals surface area contributed by atoms with Gasteiger partial charge in [-0.3, -0.25) is 4.79 Å². The lowest BCUT2D eigenvalue weighted by Gasteiger charge is -2.04. The molecule has 1 N–H and O–H groups in total. The Morgan fingerprint density at radius 2 is 1.78 bits per heavy atom. The van der Waals surface area contributed by atoms with Crippen LogP contribution in [0, 0.1) is 0 Å². The summed E-state index contributed by atoms with van der Waals surface area (Å²) in [7, 11) is 0. The molecule has 0 radical (unpaired) electrons. The van der Waals surface area contributed by atoms with Crippen LogP contribution in [0.1, 0.15) is 16.8 Å². The number of nitrogens with zero attached hydrogens (tertiary/aromatic N) is 4. The van der Waals surface area contributed by atoms with Crippen molar-refractivity contribution in [1.82, 2.24) is 25.1 Å². The first-order valence-electron chi connectivity index (χ1n) is 10.4. The van der Waals surface area contributed by atoms with Crippen LogP contribution in [0.3, 0.4) is 0 Å².